The molecule has 0 saturated carbocycles. The molecule has 0 unspecified atom stereocenters. The van der Waals surface area contributed by atoms with E-state index in [9.17, 15) is 4.79 Å². The van der Waals surface area contributed by atoms with Crippen LogP contribution < -0.4 is 4.74 Å². The van der Waals surface area contributed by atoms with Crippen LogP contribution in [0.5, 0.6) is 5.88 Å². The van der Waals surface area contributed by atoms with E-state index in [1.165, 1.54) is 22.9 Å². The van der Waals surface area contributed by atoms with E-state index >= 15 is 0 Å². The van der Waals surface area contributed by atoms with E-state index in [1.807, 2.05) is 16.8 Å². The molecule has 72 valence electrons. The predicted octanol–water partition coefficient (Wildman–Crippen LogP) is 2.69. The van der Waals surface area contributed by atoms with Crippen LogP contribution in [0.15, 0.2) is 16.8 Å². The van der Waals surface area contributed by atoms with Crippen LogP contribution in [0, 0.1) is 0 Å². The summed E-state index contributed by atoms with van der Waals surface area (Å²) in [5.74, 6) is 0.580. The molecule has 0 amide bonds. The Morgan fingerprint density at radius 3 is 3.07 bits per heavy atom. The van der Waals surface area contributed by atoms with Gasteiger partial charge in [0.15, 0.2) is 6.29 Å². The maximum absolute atomic E-state index is 10.7. The summed E-state index contributed by atoms with van der Waals surface area (Å²) in [6, 6.07) is 1.90. The highest BCUT2D eigenvalue weighted by Crippen LogP contribution is 2.34. The Hall–Kier alpha value is -1.20. The Kier molecular flexibility index (Phi) is 2.60. The lowest BCUT2D eigenvalue weighted by atomic mass is 10.1. The lowest BCUT2D eigenvalue weighted by Crippen LogP contribution is -1.86. The number of aldehydes is 1. The molecule has 0 N–H and O–H groups in total. The zero-order valence-corrected chi connectivity index (χ0v) is 9.02. The number of nitrogens with zero attached hydrogens (tertiary/aromatic N) is 1. The van der Waals surface area contributed by atoms with Gasteiger partial charge >= 0.3 is 0 Å². The second-order valence-corrected chi connectivity index (χ2v) is 4.13. The fraction of sp³-hybridized carbons (Fsp3) is 0.111. The second-order valence-electron chi connectivity index (χ2n) is 2.55. The molecule has 2 rings (SSSR count). The number of rotatable bonds is 3. The first-order valence-corrected chi connectivity index (χ1v) is 5.60. The van der Waals surface area contributed by atoms with E-state index in [0.29, 0.717) is 10.8 Å². The summed E-state index contributed by atoms with van der Waals surface area (Å²) < 4.78 is 9.17. The van der Waals surface area contributed by atoms with Crippen LogP contribution in [0.1, 0.15) is 9.67 Å². The van der Waals surface area contributed by atoms with Crippen molar-refractivity contribution in [2.45, 2.75) is 0 Å². The molecule has 3 nitrogen and oxygen atoms in total. The summed E-state index contributed by atoms with van der Waals surface area (Å²) in [4.78, 5) is 11.4. The minimum absolute atomic E-state index is 0.580. The van der Waals surface area contributed by atoms with Gasteiger partial charge in [-0.05, 0) is 23.0 Å². The Balaban J connectivity index is 2.53. The van der Waals surface area contributed by atoms with Gasteiger partial charge in [0.2, 0.25) is 5.88 Å². The van der Waals surface area contributed by atoms with E-state index in [0.717, 1.165) is 17.4 Å². The molecule has 0 spiro atoms. The third kappa shape index (κ3) is 1.44. The zero-order valence-electron chi connectivity index (χ0n) is 7.39. The van der Waals surface area contributed by atoms with Crippen molar-refractivity contribution in [2.24, 2.45) is 0 Å². The quantitative estimate of drug-likeness (QED) is 0.754. The second kappa shape index (κ2) is 3.89. The number of thiophene rings is 1. The Morgan fingerprint density at radius 1 is 1.50 bits per heavy atom. The van der Waals surface area contributed by atoms with E-state index in [-0.39, 0.29) is 0 Å². The fourth-order valence-electron chi connectivity index (χ4n) is 1.19. The van der Waals surface area contributed by atoms with Gasteiger partial charge in [-0.15, -0.1) is 11.3 Å². The molecule has 0 aliphatic heterocycles. The van der Waals surface area contributed by atoms with Crippen molar-refractivity contribution >= 4 is 29.2 Å². The van der Waals surface area contributed by atoms with Gasteiger partial charge < -0.3 is 4.74 Å². The van der Waals surface area contributed by atoms with Gasteiger partial charge in [0.1, 0.15) is 0 Å². The van der Waals surface area contributed by atoms with Crippen molar-refractivity contribution in [1.29, 1.82) is 0 Å². The molecule has 2 heterocycles. The highest BCUT2D eigenvalue weighted by Gasteiger charge is 2.13. The maximum Gasteiger partial charge on any atom is 0.232 e. The number of carbonyl (C=O) groups excluding carboxylic acids is 1. The summed E-state index contributed by atoms with van der Waals surface area (Å²) in [5, 5.41) is 3.77. The monoisotopic (exact) mass is 225 g/mol. The first-order chi connectivity index (χ1) is 6.86. The SMILES string of the molecule is COc1nscc1-c1ccsc1C=O. The lowest BCUT2D eigenvalue weighted by molar-refractivity contribution is 0.112. The van der Waals surface area contributed by atoms with E-state index in [2.05, 4.69) is 4.37 Å². The van der Waals surface area contributed by atoms with Gasteiger partial charge in [0, 0.05) is 10.9 Å². The van der Waals surface area contributed by atoms with Crippen LogP contribution in [0.2, 0.25) is 0 Å². The Morgan fingerprint density at radius 2 is 2.36 bits per heavy atom. The minimum Gasteiger partial charge on any atom is -0.480 e. The van der Waals surface area contributed by atoms with E-state index < -0.39 is 0 Å². The van der Waals surface area contributed by atoms with E-state index in [4.69, 9.17) is 4.74 Å². The molecule has 2 aromatic heterocycles. The highest BCUT2D eigenvalue weighted by molar-refractivity contribution is 7.12. The summed E-state index contributed by atoms with van der Waals surface area (Å²) in [6.07, 6.45) is 0.858. The van der Waals surface area contributed by atoms with Gasteiger partial charge in [-0.1, -0.05) is 0 Å². The topological polar surface area (TPSA) is 39.2 Å². The normalized spacial score (nSPS) is 10.1. The lowest BCUT2D eigenvalue weighted by Gasteiger charge is -1.98. The van der Waals surface area contributed by atoms with Crippen LogP contribution in [0.25, 0.3) is 11.1 Å². The fourth-order valence-corrected chi connectivity index (χ4v) is 2.55. The zero-order chi connectivity index (χ0) is 9.97. The molecule has 0 bridgehead atoms. The minimum atomic E-state index is 0.580. The van der Waals surface area contributed by atoms with Crippen molar-refractivity contribution < 1.29 is 9.53 Å². The average molecular weight is 225 g/mol. The molecular weight excluding hydrogens is 218 g/mol. The molecule has 0 aliphatic rings. The van der Waals surface area contributed by atoms with Gasteiger partial charge in [-0.25, -0.2) is 0 Å². The maximum atomic E-state index is 10.7. The van der Waals surface area contributed by atoms with Crippen LogP contribution in [-0.4, -0.2) is 17.8 Å². The van der Waals surface area contributed by atoms with Gasteiger partial charge in [0.05, 0.1) is 17.6 Å². The number of methoxy groups -OCH3 is 1. The molecule has 0 aromatic carbocycles. The molecule has 0 atom stereocenters. The highest BCUT2D eigenvalue weighted by atomic mass is 32.1. The number of ether oxygens (including phenoxy) is 1. The average Bonchev–Trinajstić information content (AvgIpc) is 2.85. The van der Waals surface area contributed by atoms with Crippen LogP contribution in [0.4, 0.5) is 0 Å². The summed E-state index contributed by atoms with van der Waals surface area (Å²) in [7, 11) is 1.57. The molecular formula is C9H7NO2S2. The van der Waals surface area contributed by atoms with Crippen molar-refractivity contribution in [3.8, 4) is 17.0 Å². The van der Waals surface area contributed by atoms with Crippen LogP contribution >= 0.6 is 22.9 Å². The molecule has 0 radical (unpaired) electrons. The van der Waals surface area contributed by atoms with Gasteiger partial charge in [0.25, 0.3) is 0 Å². The number of hydrogen-bond donors (Lipinski definition) is 0. The smallest absolute Gasteiger partial charge is 0.232 e. The summed E-state index contributed by atoms with van der Waals surface area (Å²) in [5.41, 5.74) is 1.79. The Labute approximate surface area is 89.1 Å². The van der Waals surface area contributed by atoms with Crippen LogP contribution in [-0.2, 0) is 0 Å². The van der Waals surface area contributed by atoms with Crippen molar-refractivity contribution in [3.63, 3.8) is 0 Å². The first-order valence-electron chi connectivity index (χ1n) is 3.88. The molecule has 5 heteroatoms. The number of carbonyl (C=O) groups is 1. The predicted molar refractivity (Wildman–Crippen MR) is 57.4 cm³/mol. The van der Waals surface area contributed by atoms with Crippen molar-refractivity contribution in [1.82, 2.24) is 4.37 Å². The third-order valence-corrected chi connectivity index (χ3v) is 3.28. The number of aromatic nitrogens is 1. The van der Waals surface area contributed by atoms with Gasteiger partial charge in [-0.3, -0.25) is 4.79 Å². The van der Waals surface area contributed by atoms with Crippen LogP contribution in [0.3, 0.4) is 0 Å². The molecule has 14 heavy (non-hydrogen) atoms. The number of hydrogen-bond acceptors (Lipinski definition) is 5. The van der Waals surface area contributed by atoms with E-state index in [1.54, 1.807) is 7.11 Å². The van der Waals surface area contributed by atoms with Crippen molar-refractivity contribution in [2.75, 3.05) is 7.11 Å². The van der Waals surface area contributed by atoms with Gasteiger partial charge in [-0.2, -0.15) is 4.37 Å². The largest absolute Gasteiger partial charge is 0.480 e. The molecule has 2 aromatic rings. The third-order valence-electron chi connectivity index (χ3n) is 1.82. The standard InChI is InChI=1S/C9H7NO2S2/c1-12-9-7(5-14-10-9)6-2-3-13-8(6)4-11/h2-5H,1H3. The summed E-state index contributed by atoms with van der Waals surface area (Å²) in [6.45, 7) is 0. The Bertz CT molecular complexity index is 447. The molecule has 0 aliphatic carbocycles. The first kappa shape index (κ1) is 9.36. The molecule has 0 fully saturated rings. The summed E-state index contributed by atoms with van der Waals surface area (Å²) >= 11 is 2.74. The van der Waals surface area contributed by atoms with Crippen molar-refractivity contribution in [3.05, 3.63) is 21.7 Å². The molecule has 0 saturated heterocycles.